The van der Waals surface area contributed by atoms with Gasteiger partial charge in [0.05, 0.1) is 10.7 Å². The lowest BCUT2D eigenvalue weighted by Crippen LogP contribution is -2.31. The minimum absolute atomic E-state index is 0.165. The third kappa shape index (κ3) is 4.44. The van der Waals surface area contributed by atoms with Gasteiger partial charge in [-0.25, -0.2) is 4.39 Å². The first-order valence-corrected chi connectivity index (χ1v) is 7.41. The molecule has 0 aliphatic heterocycles. The molecule has 1 amide bonds. The van der Waals surface area contributed by atoms with Crippen LogP contribution < -0.4 is 10.6 Å². The summed E-state index contributed by atoms with van der Waals surface area (Å²) in [5.74, 6) is -0.707. The molecule has 0 saturated heterocycles. The van der Waals surface area contributed by atoms with Gasteiger partial charge in [0.25, 0.3) is 0 Å². The van der Waals surface area contributed by atoms with Crippen molar-refractivity contribution in [2.75, 3.05) is 10.6 Å². The molecule has 3 nitrogen and oxygen atoms in total. The van der Waals surface area contributed by atoms with Gasteiger partial charge >= 0.3 is 0 Å². The molecule has 0 spiro atoms. The van der Waals surface area contributed by atoms with Gasteiger partial charge in [0.1, 0.15) is 11.9 Å². The van der Waals surface area contributed by atoms with Crippen molar-refractivity contribution >= 4 is 44.8 Å². The first-order valence-electron chi connectivity index (χ1n) is 6.24. The zero-order valence-electron chi connectivity index (χ0n) is 11.2. The molecule has 0 fully saturated rings. The Morgan fingerprint density at radius 1 is 1.29 bits per heavy atom. The van der Waals surface area contributed by atoms with Crippen LogP contribution in [0, 0.1) is 5.82 Å². The van der Waals surface area contributed by atoms with Gasteiger partial charge in [-0.15, -0.1) is 0 Å². The van der Waals surface area contributed by atoms with Crippen molar-refractivity contribution in [2.24, 2.45) is 0 Å². The molecule has 0 saturated carbocycles. The molecule has 0 heterocycles. The van der Waals surface area contributed by atoms with Gasteiger partial charge in [0, 0.05) is 10.2 Å². The molecule has 6 heteroatoms. The number of rotatable bonds is 4. The average molecular weight is 372 g/mol. The second kappa shape index (κ2) is 6.91. The van der Waals surface area contributed by atoms with Crippen LogP contribution in [0.5, 0.6) is 0 Å². The predicted octanol–water partition coefficient (Wildman–Crippen LogP) is 4.68. The number of anilines is 2. The highest BCUT2D eigenvalue weighted by molar-refractivity contribution is 9.10. The van der Waals surface area contributed by atoms with Gasteiger partial charge in [-0.05, 0) is 43.3 Å². The van der Waals surface area contributed by atoms with Crippen molar-refractivity contribution < 1.29 is 9.18 Å². The summed E-state index contributed by atoms with van der Waals surface area (Å²) in [6.07, 6.45) is 0. The highest BCUT2D eigenvalue weighted by Gasteiger charge is 2.14. The third-order valence-electron chi connectivity index (χ3n) is 2.79. The molecule has 1 atom stereocenters. The summed E-state index contributed by atoms with van der Waals surface area (Å²) in [6.45, 7) is 1.73. The van der Waals surface area contributed by atoms with Crippen LogP contribution in [0.25, 0.3) is 0 Å². The Morgan fingerprint density at radius 3 is 2.71 bits per heavy atom. The molecule has 0 radical (unpaired) electrons. The Kier molecular flexibility index (Phi) is 5.20. The van der Waals surface area contributed by atoms with Crippen molar-refractivity contribution in [3.63, 3.8) is 0 Å². The van der Waals surface area contributed by atoms with Crippen LogP contribution in [0.1, 0.15) is 6.92 Å². The fourth-order valence-electron chi connectivity index (χ4n) is 1.73. The number of carbonyl (C=O) groups excluding carboxylic acids is 1. The smallest absolute Gasteiger partial charge is 0.246 e. The number of amides is 1. The van der Waals surface area contributed by atoms with Crippen LogP contribution in [0.2, 0.25) is 5.02 Å². The van der Waals surface area contributed by atoms with E-state index in [1.165, 1.54) is 12.1 Å². The lowest BCUT2D eigenvalue weighted by atomic mass is 10.2. The molecular weight excluding hydrogens is 359 g/mol. The van der Waals surface area contributed by atoms with Crippen molar-refractivity contribution in [3.8, 4) is 0 Å². The Labute approximate surface area is 135 Å². The normalized spacial score (nSPS) is 11.8. The zero-order chi connectivity index (χ0) is 15.4. The lowest BCUT2D eigenvalue weighted by molar-refractivity contribution is -0.116. The van der Waals surface area contributed by atoms with Crippen molar-refractivity contribution in [1.82, 2.24) is 0 Å². The van der Waals surface area contributed by atoms with Crippen LogP contribution >= 0.6 is 27.5 Å². The highest BCUT2D eigenvalue weighted by Crippen LogP contribution is 2.23. The number of nitrogens with one attached hydrogen (secondary N) is 2. The molecule has 2 aromatic rings. The molecule has 0 aliphatic carbocycles. The van der Waals surface area contributed by atoms with Gasteiger partial charge in [-0.3, -0.25) is 4.79 Å². The van der Waals surface area contributed by atoms with Crippen LogP contribution in [0.15, 0.2) is 46.9 Å². The number of hydrogen-bond acceptors (Lipinski definition) is 2. The molecular formula is C15H13BrClFN2O. The summed E-state index contributed by atoms with van der Waals surface area (Å²) in [4.78, 5) is 12.1. The van der Waals surface area contributed by atoms with Gasteiger partial charge in [0.15, 0.2) is 0 Å². The number of benzene rings is 2. The molecule has 21 heavy (non-hydrogen) atoms. The van der Waals surface area contributed by atoms with Gasteiger partial charge in [-0.1, -0.05) is 33.6 Å². The quantitative estimate of drug-likeness (QED) is 0.819. The Bertz CT molecular complexity index is 666. The second-order valence-electron chi connectivity index (χ2n) is 4.49. The largest absolute Gasteiger partial charge is 0.374 e. The van der Waals surface area contributed by atoms with E-state index >= 15 is 0 Å². The van der Waals surface area contributed by atoms with Gasteiger partial charge in [0.2, 0.25) is 5.91 Å². The summed E-state index contributed by atoms with van der Waals surface area (Å²) >= 11 is 9.24. The van der Waals surface area contributed by atoms with E-state index in [9.17, 15) is 9.18 Å². The fourth-order valence-corrected chi connectivity index (χ4v) is 2.34. The monoisotopic (exact) mass is 370 g/mol. The lowest BCUT2D eigenvalue weighted by Gasteiger charge is -2.16. The van der Waals surface area contributed by atoms with E-state index in [-0.39, 0.29) is 10.9 Å². The minimum Gasteiger partial charge on any atom is -0.374 e. The Hall–Kier alpha value is -1.59. The molecule has 2 rings (SSSR count). The first kappa shape index (κ1) is 15.8. The number of halogens is 3. The van der Waals surface area contributed by atoms with E-state index in [1.54, 1.807) is 6.92 Å². The summed E-state index contributed by atoms with van der Waals surface area (Å²) in [7, 11) is 0. The van der Waals surface area contributed by atoms with Crippen molar-refractivity contribution in [2.45, 2.75) is 13.0 Å². The van der Waals surface area contributed by atoms with Gasteiger partial charge < -0.3 is 10.6 Å². The Morgan fingerprint density at radius 2 is 2.05 bits per heavy atom. The number of hydrogen-bond donors (Lipinski definition) is 2. The molecule has 0 bridgehead atoms. The SMILES string of the molecule is CC(Nc1cccc(Br)c1)C(=O)Nc1ccc(F)cc1Cl. The van der Waals surface area contributed by atoms with E-state index in [4.69, 9.17) is 11.6 Å². The summed E-state index contributed by atoms with van der Waals surface area (Å²) in [5.41, 5.74) is 1.20. The number of carbonyl (C=O) groups is 1. The molecule has 0 aliphatic rings. The average Bonchev–Trinajstić information content (AvgIpc) is 2.41. The summed E-state index contributed by atoms with van der Waals surface area (Å²) in [5, 5.41) is 5.90. The maximum Gasteiger partial charge on any atom is 0.246 e. The maximum absolute atomic E-state index is 13.0. The standard InChI is InChI=1S/C15H13BrClFN2O/c1-9(19-12-4-2-3-10(16)7-12)15(21)20-14-6-5-11(18)8-13(14)17/h2-9,19H,1H3,(H,20,21). The Balaban J connectivity index is 2.02. The molecule has 1 unspecified atom stereocenters. The topological polar surface area (TPSA) is 41.1 Å². The molecule has 2 N–H and O–H groups in total. The molecule has 0 aromatic heterocycles. The first-order chi connectivity index (χ1) is 9.95. The van der Waals surface area contributed by atoms with Crippen LogP contribution in [-0.2, 0) is 4.79 Å². The summed E-state index contributed by atoms with van der Waals surface area (Å²) in [6, 6.07) is 10.9. The van der Waals surface area contributed by atoms with Crippen LogP contribution in [0.4, 0.5) is 15.8 Å². The minimum atomic E-state index is -0.472. The van der Waals surface area contributed by atoms with Crippen molar-refractivity contribution in [1.29, 1.82) is 0 Å². The fraction of sp³-hybridized carbons (Fsp3) is 0.133. The molecule has 110 valence electrons. The van der Waals surface area contributed by atoms with Crippen LogP contribution in [-0.4, -0.2) is 11.9 Å². The zero-order valence-corrected chi connectivity index (χ0v) is 13.5. The van der Waals surface area contributed by atoms with E-state index in [2.05, 4.69) is 26.6 Å². The highest BCUT2D eigenvalue weighted by atomic mass is 79.9. The second-order valence-corrected chi connectivity index (χ2v) is 5.81. The van der Waals surface area contributed by atoms with Crippen molar-refractivity contribution in [3.05, 3.63) is 57.8 Å². The molecule has 2 aromatic carbocycles. The van der Waals surface area contributed by atoms with E-state index in [0.717, 1.165) is 16.2 Å². The summed E-state index contributed by atoms with van der Waals surface area (Å²) < 4.78 is 13.9. The van der Waals surface area contributed by atoms with E-state index in [0.29, 0.717) is 5.69 Å². The van der Waals surface area contributed by atoms with Crippen LogP contribution in [0.3, 0.4) is 0 Å². The van der Waals surface area contributed by atoms with E-state index in [1.807, 2.05) is 24.3 Å². The maximum atomic E-state index is 13.0. The van der Waals surface area contributed by atoms with Gasteiger partial charge in [-0.2, -0.15) is 0 Å². The predicted molar refractivity (Wildman–Crippen MR) is 87.3 cm³/mol. The van der Waals surface area contributed by atoms with E-state index < -0.39 is 11.9 Å². The third-order valence-corrected chi connectivity index (χ3v) is 3.60.